The molecule has 0 aliphatic rings. The lowest BCUT2D eigenvalue weighted by molar-refractivity contribution is -0.384. The number of hydrogen-bond acceptors (Lipinski definition) is 4. The van der Waals surface area contributed by atoms with Crippen LogP contribution in [-0.2, 0) is 5.88 Å². The van der Waals surface area contributed by atoms with Gasteiger partial charge in [-0.1, -0.05) is 0 Å². The Kier molecular flexibility index (Phi) is 3.43. The van der Waals surface area contributed by atoms with Crippen LogP contribution in [0.5, 0.6) is 0 Å². The third-order valence-electron chi connectivity index (χ3n) is 1.89. The van der Waals surface area contributed by atoms with Crippen LogP contribution < -0.4 is 0 Å². The van der Waals surface area contributed by atoms with Crippen LogP contribution in [0.25, 0.3) is 0 Å². The number of alkyl halides is 1. The van der Waals surface area contributed by atoms with Crippen LogP contribution in [-0.4, -0.2) is 16.0 Å². The zero-order valence-corrected chi connectivity index (χ0v) is 8.56. The van der Waals surface area contributed by atoms with Gasteiger partial charge in [-0.25, -0.2) is 4.79 Å². The van der Waals surface area contributed by atoms with Gasteiger partial charge in [-0.3, -0.25) is 10.1 Å². The summed E-state index contributed by atoms with van der Waals surface area (Å²) < 4.78 is 0. The van der Waals surface area contributed by atoms with Crippen LogP contribution in [0.1, 0.15) is 21.5 Å². The van der Waals surface area contributed by atoms with Gasteiger partial charge in [-0.2, -0.15) is 5.26 Å². The molecule has 0 amide bonds. The Hall–Kier alpha value is -2.13. The van der Waals surface area contributed by atoms with Crippen LogP contribution in [0.4, 0.5) is 5.69 Å². The van der Waals surface area contributed by atoms with E-state index in [2.05, 4.69) is 0 Å². The number of benzene rings is 1. The minimum atomic E-state index is -1.33. The van der Waals surface area contributed by atoms with Gasteiger partial charge >= 0.3 is 5.97 Å². The molecule has 7 heteroatoms. The van der Waals surface area contributed by atoms with Crippen LogP contribution in [0.2, 0.25) is 0 Å². The quantitative estimate of drug-likeness (QED) is 0.494. The molecule has 0 atom stereocenters. The molecule has 1 rings (SSSR count). The molecule has 1 aromatic carbocycles. The highest BCUT2D eigenvalue weighted by Gasteiger charge is 2.20. The maximum Gasteiger partial charge on any atom is 0.337 e. The van der Waals surface area contributed by atoms with Crippen LogP contribution in [0, 0.1) is 21.4 Å². The summed E-state index contributed by atoms with van der Waals surface area (Å²) in [6.45, 7) is 0. The van der Waals surface area contributed by atoms with E-state index in [4.69, 9.17) is 22.0 Å². The van der Waals surface area contributed by atoms with Gasteiger partial charge in [0.05, 0.1) is 16.1 Å². The zero-order valence-electron chi connectivity index (χ0n) is 7.81. The molecule has 16 heavy (non-hydrogen) atoms. The second-order valence-corrected chi connectivity index (χ2v) is 3.10. The molecule has 0 aliphatic heterocycles. The lowest BCUT2D eigenvalue weighted by atomic mass is 10.0. The van der Waals surface area contributed by atoms with Gasteiger partial charge in [0.15, 0.2) is 0 Å². The first-order valence-electron chi connectivity index (χ1n) is 4.02. The Balaban J connectivity index is 3.57. The molecular weight excluding hydrogens is 236 g/mol. The molecule has 0 saturated carbocycles. The average molecular weight is 241 g/mol. The minimum absolute atomic E-state index is 0.0555. The number of hydrogen-bond donors (Lipinski definition) is 1. The third-order valence-corrected chi connectivity index (χ3v) is 2.18. The molecule has 0 fully saturated rings. The van der Waals surface area contributed by atoms with Crippen molar-refractivity contribution in [2.45, 2.75) is 5.88 Å². The minimum Gasteiger partial charge on any atom is -0.478 e. The van der Waals surface area contributed by atoms with E-state index in [-0.39, 0.29) is 28.3 Å². The number of rotatable bonds is 3. The van der Waals surface area contributed by atoms with Gasteiger partial charge in [0, 0.05) is 18.0 Å². The first kappa shape index (κ1) is 11.9. The summed E-state index contributed by atoms with van der Waals surface area (Å²) in [5.41, 5.74) is -0.849. The number of nitriles is 1. The Morgan fingerprint density at radius 1 is 1.62 bits per heavy atom. The summed E-state index contributed by atoms with van der Waals surface area (Å²) in [5.74, 6) is -1.54. The number of halogens is 1. The summed E-state index contributed by atoms with van der Waals surface area (Å²) >= 11 is 5.49. The van der Waals surface area contributed by atoms with E-state index in [0.717, 1.165) is 12.1 Å². The highest BCUT2D eigenvalue weighted by molar-refractivity contribution is 6.17. The highest BCUT2D eigenvalue weighted by atomic mass is 35.5. The summed E-state index contributed by atoms with van der Waals surface area (Å²) in [7, 11) is 0. The number of non-ortho nitro benzene ring substituents is 1. The maximum atomic E-state index is 10.9. The summed E-state index contributed by atoms with van der Waals surface area (Å²) in [6, 6.07) is 3.57. The fourth-order valence-corrected chi connectivity index (χ4v) is 1.45. The number of carboxylic acid groups (broad SMARTS) is 1. The summed E-state index contributed by atoms with van der Waals surface area (Å²) in [6.07, 6.45) is 0. The standard InChI is InChI=1S/C9H5ClN2O4/c10-3-5-1-7(12(15)16)2-6(4-11)8(5)9(13)14/h1-2H,3H2,(H,13,14). The molecular formula is C9H5ClN2O4. The fourth-order valence-electron chi connectivity index (χ4n) is 1.24. The molecule has 0 aliphatic carbocycles. The predicted molar refractivity (Wildman–Crippen MR) is 54.3 cm³/mol. The lowest BCUT2D eigenvalue weighted by Gasteiger charge is -2.04. The van der Waals surface area contributed by atoms with E-state index in [1.807, 2.05) is 0 Å². The number of carbonyl (C=O) groups is 1. The molecule has 0 unspecified atom stereocenters. The van der Waals surface area contributed by atoms with Crippen molar-refractivity contribution in [1.82, 2.24) is 0 Å². The first-order chi connectivity index (χ1) is 7.51. The van der Waals surface area contributed by atoms with Gasteiger partial charge in [0.1, 0.15) is 6.07 Å². The molecule has 6 nitrogen and oxygen atoms in total. The number of nitro groups is 1. The molecule has 0 spiro atoms. The zero-order chi connectivity index (χ0) is 12.3. The molecule has 0 heterocycles. The number of nitrogens with zero attached hydrogens (tertiary/aromatic N) is 2. The van der Waals surface area contributed by atoms with Gasteiger partial charge in [0.25, 0.3) is 5.69 Å². The molecule has 0 radical (unpaired) electrons. The van der Waals surface area contributed by atoms with E-state index < -0.39 is 10.9 Å². The second kappa shape index (κ2) is 4.59. The van der Waals surface area contributed by atoms with Crippen molar-refractivity contribution in [3.05, 3.63) is 38.9 Å². The van der Waals surface area contributed by atoms with Gasteiger partial charge < -0.3 is 5.11 Å². The summed E-state index contributed by atoms with van der Waals surface area (Å²) in [5, 5.41) is 28.1. The third kappa shape index (κ3) is 2.10. The van der Waals surface area contributed by atoms with Gasteiger partial charge in [-0.15, -0.1) is 11.6 Å². The number of nitro benzene ring substituents is 1. The van der Waals surface area contributed by atoms with E-state index in [9.17, 15) is 14.9 Å². The molecule has 1 N–H and O–H groups in total. The van der Waals surface area contributed by atoms with E-state index in [0.29, 0.717) is 0 Å². The molecule has 1 aromatic rings. The normalized spacial score (nSPS) is 9.50. The average Bonchev–Trinajstić information content (AvgIpc) is 2.26. The Morgan fingerprint density at radius 2 is 2.25 bits per heavy atom. The van der Waals surface area contributed by atoms with E-state index >= 15 is 0 Å². The van der Waals surface area contributed by atoms with Gasteiger partial charge in [-0.05, 0) is 5.56 Å². The van der Waals surface area contributed by atoms with Crippen molar-refractivity contribution >= 4 is 23.3 Å². The van der Waals surface area contributed by atoms with Crippen molar-refractivity contribution in [2.24, 2.45) is 0 Å². The topological polar surface area (TPSA) is 104 Å². The Bertz CT molecular complexity index is 507. The lowest BCUT2D eigenvalue weighted by Crippen LogP contribution is -2.06. The second-order valence-electron chi connectivity index (χ2n) is 2.84. The maximum absolute atomic E-state index is 10.9. The monoisotopic (exact) mass is 240 g/mol. The van der Waals surface area contributed by atoms with E-state index in [1.54, 1.807) is 6.07 Å². The van der Waals surface area contributed by atoms with Gasteiger partial charge in [0.2, 0.25) is 0 Å². The Labute approximate surface area is 94.8 Å². The van der Waals surface area contributed by atoms with Crippen molar-refractivity contribution in [2.75, 3.05) is 0 Å². The molecule has 0 saturated heterocycles. The van der Waals surface area contributed by atoms with Crippen molar-refractivity contribution in [1.29, 1.82) is 5.26 Å². The van der Waals surface area contributed by atoms with E-state index in [1.165, 1.54) is 0 Å². The molecule has 0 bridgehead atoms. The molecule has 0 aromatic heterocycles. The Morgan fingerprint density at radius 3 is 2.62 bits per heavy atom. The molecule has 82 valence electrons. The predicted octanol–water partition coefficient (Wildman–Crippen LogP) is 1.90. The number of carboxylic acids is 1. The number of aromatic carboxylic acids is 1. The SMILES string of the molecule is N#Cc1cc([N+](=O)[O-])cc(CCl)c1C(=O)O. The highest BCUT2D eigenvalue weighted by Crippen LogP contribution is 2.23. The fraction of sp³-hybridized carbons (Fsp3) is 0.111. The largest absolute Gasteiger partial charge is 0.478 e. The van der Waals surface area contributed by atoms with Crippen LogP contribution in [0.15, 0.2) is 12.1 Å². The smallest absolute Gasteiger partial charge is 0.337 e. The van der Waals surface area contributed by atoms with Crippen molar-refractivity contribution < 1.29 is 14.8 Å². The van der Waals surface area contributed by atoms with Crippen LogP contribution >= 0.6 is 11.6 Å². The van der Waals surface area contributed by atoms with Crippen LogP contribution in [0.3, 0.4) is 0 Å². The van der Waals surface area contributed by atoms with Crippen molar-refractivity contribution in [3.63, 3.8) is 0 Å². The first-order valence-corrected chi connectivity index (χ1v) is 4.55. The van der Waals surface area contributed by atoms with Crippen molar-refractivity contribution in [3.8, 4) is 6.07 Å². The summed E-state index contributed by atoms with van der Waals surface area (Å²) in [4.78, 5) is 20.7.